The highest BCUT2D eigenvalue weighted by Crippen LogP contribution is 2.27. The maximum absolute atomic E-state index is 13.6. The Kier molecular flexibility index (Phi) is 4.50. The molecule has 19 heavy (non-hydrogen) atoms. The Morgan fingerprint density at radius 2 is 2.16 bits per heavy atom. The van der Waals surface area contributed by atoms with E-state index in [1.807, 2.05) is 6.92 Å². The van der Waals surface area contributed by atoms with Crippen LogP contribution in [-0.4, -0.2) is 10.1 Å². The average Bonchev–Trinajstić information content (AvgIpc) is 2.42. The minimum Gasteiger partial charge on any atom is -0.453 e. The fraction of sp³-hybridized carbons (Fsp3) is 0.214. The molecule has 0 radical (unpaired) electrons. The predicted octanol–water partition coefficient (Wildman–Crippen LogP) is 4.22. The molecular weight excluding hydrogens is 313 g/mol. The fourth-order valence-electron chi connectivity index (χ4n) is 1.54. The number of ether oxygens (including phenoxy) is 1. The Labute approximate surface area is 119 Å². The van der Waals surface area contributed by atoms with Crippen molar-refractivity contribution >= 4 is 15.9 Å². The van der Waals surface area contributed by atoms with Crippen LogP contribution in [0.2, 0.25) is 0 Å². The van der Waals surface area contributed by atoms with E-state index < -0.39 is 11.9 Å². The zero-order valence-electron chi connectivity index (χ0n) is 10.3. The molecule has 5 heteroatoms. The molecule has 0 aliphatic rings. The summed E-state index contributed by atoms with van der Waals surface area (Å²) in [4.78, 5) is 4.09. The van der Waals surface area contributed by atoms with Crippen molar-refractivity contribution in [2.24, 2.45) is 0 Å². The van der Waals surface area contributed by atoms with Crippen molar-refractivity contribution in [3.63, 3.8) is 0 Å². The molecule has 0 saturated heterocycles. The van der Waals surface area contributed by atoms with Crippen LogP contribution in [-0.2, 0) is 0 Å². The van der Waals surface area contributed by atoms with Gasteiger partial charge in [0.15, 0.2) is 11.6 Å². The summed E-state index contributed by atoms with van der Waals surface area (Å²) >= 11 is 3.18. The largest absolute Gasteiger partial charge is 0.453 e. The number of aliphatic hydroxyl groups excluding tert-OH is 1. The molecule has 2 aromatic rings. The lowest BCUT2D eigenvalue weighted by atomic mass is 10.2. The molecule has 0 bridgehead atoms. The van der Waals surface area contributed by atoms with E-state index >= 15 is 0 Å². The molecule has 0 fully saturated rings. The summed E-state index contributed by atoms with van der Waals surface area (Å²) in [7, 11) is 0. The average molecular weight is 326 g/mol. The summed E-state index contributed by atoms with van der Waals surface area (Å²) in [5, 5.41) is 9.62. The lowest BCUT2D eigenvalue weighted by Crippen LogP contribution is -1.98. The molecular formula is C14H13BrFNO2. The van der Waals surface area contributed by atoms with Gasteiger partial charge in [0, 0.05) is 4.47 Å². The van der Waals surface area contributed by atoms with E-state index in [-0.39, 0.29) is 5.75 Å². The second-order valence-electron chi connectivity index (χ2n) is 4.02. The quantitative estimate of drug-likeness (QED) is 0.915. The molecule has 0 amide bonds. The number of hydrogen-bond donors (Lipinski definition) is 1. The van der Waals surface area contributed by atoms with Crippen LogP contribution in [0.3, 0.4) is 0 Å². The van der Waals surface area contributed by atoms with Gasteiger partial charge in [-0.05, 0) is 36.8 Å². The van der Waals surface area contributed by atoms with Gasteiger partial charge in [-0.3, -0.25) is 4.98 Å². The van der Waals surface area contributed by atoms with Gasteiger partial charge in [-0.25, -0.2) is 4.39 Å². The minimum absolute atomic E-state index is 0.133. The van der Waals surface area contributed by atoms with E-state index in [2.05, 4.69) is 20.9 Å². The van der Waals surface area contributed by atoms with Crippen LogP contribution in [0.25, 0.3) is 0 Å². The molecule has 3 nitrogen and oxygen atoms in total. The first-order valence-corrected chi connectivity index (χ1v) is 6.66. The van der Waals surface area contributed by atoms with E-state index in [0.29, 0.717) is 22.3 Å². The van der Waals surface area contributed by atoms with Crippen LogP contribution in [0.15, 0.2) is 41.0 Å². The summed E-state index contributed by atoms with van der Waals surface area (Å²) in [6, 6.07) is 7.89. The van der Waals surface area contributed by atoms with Crippen LogP contribution in [0.1, 0.15) is 25.1 Å². The highest BCUT2D eigenvalue weighted by Gasteiger charge is 2.08. The Morgan fingerprint density at radius 3 is 2.74 bits per heavy atom. The monoisotopic (exact) mass is 325 g/mol. The van der Waals surface area contributed by atoms with Crippen LogP contribution in [0.5, 0.6) is 11.5 Å². The number of hydrogen-bond acceptors (Lipinski definition) is 3. The molecule has 1 N–H and O–H groups in total. The third-order valence-corrected chi connectivity index (χ3v) is 3.10. The topological polar surface area (TPSA) is 42.4 Å². The third kappa shape index (κ3) is 3.52. The Bertz CT molecular complexity index is 560. The van der Waals surface area contributed by atoms with Crippen molar-refractivity contribution in [3.05, 3.63) is 52.5 Å². The second kappa shape index (κ2) is 6.12. The normalized spacial score (nSPS) is 12.2. The molecule has 1 aromatic heterocycles. The fourth-order valence-corrected chi connectivity index (χ4v) is 1.88. The van der Waals surface area contributed by atoms with Crippen molar-refractivity contribution < 1.29 is 14.2 Å². The Morgan fingerprint density at radius 1 is 1.37 bits per heavy atom. The van der Waals surface area contributed by atoms with Gasteiger partial charge in [-0.2, -0.15) is 0 Å². The van der Waals surface area contributed by atoms with Gasteiger partial charge in [0.2, 0.25) is 0 Å². The van der Waals surface area contributed by atoms with Crippen molar-refractivity contribution in [1.29, 1.82) is 0 Å². The lowest BCUT2D eigenvalue weighted by molar-refractivity contribution is 0.169. The number of aliphatic hydroxyl groups is 1. The number of nitrogens with zero attached hydrogens (tertiary/aromatic N) is 1. The molecule has 1 aromatic carbocycles. The number of benzene rings is 1. The predicted molar refractivity (Wildman–Crippen MR) is 73.7 cm³/mol. The number of aromatic nitrogens is 1. The van der Waals surface area contributed by atoms with Crippen LogP contribution in [0.4, 0.5) is 4.39 Å². The molecule has 0 spiro atoms. The minimum atomic E-state index is -0.585. The molecule has 0 unspecified atom stereocenters. The third-order valence-electron chi connectivity index (χ3n) is 2.61. The van der Waals surface area contributed by atoms with E-state index in [1.165, 1.54) is 18.3 Å². The van der Waals surface area contributed by atoms with Gasteiger partial charge >= 0.3 is 0 Å². The second-order valence-corrected chi connectivity index (χ2v) is 4.94. The van der Waals surface area contributed by atoms with Crippen molar-refractivity contribution in [3.8, 4) is 11.5 Å². The van der Waals surface area contributed by atoms with Crippen LogP contribution >= 0.6 is 15.9 Å². The summed E-state index contributed by atoms with van der Waals surface area (Å²) < 4.78 is 19.6. The van der Waals surface area contributed by atoms with Gasteiger partial charge in [0.05, 0.1) is 18.0 Å². The summed E-state index contributed by atoms with van der Waals surface area (Å²) in [6.07, 6.45) is 1.48. The lowest BCUT2D eigenvalue weighted by Gasteiger charge is -2.09. The smallest absolute Gasteiger partial charge is 0.166 e. The van der Waals surface area contributed by atoms with Gasteiger partial charge in [-0.15, -0.1) is 0 Å². The van der Waals surface area contributed by atoms with Crippen molar-refractivity contribution in [2.45, 2.75) is 19.4 Å². The number of halogens is 2. The summed E-state index contributed by atoms with van der Waals surface area (Å²) in [5.41, 5.74) is 0.575. The van der Waals surface area contributed by atoms with E-state index in [1.54, 1.807) is 18.2 Å². The number of rotatable bonds is 4. The van der Waals surface area contributed by atoms with Gasteiger partial charge < -0.3 is 9.84 Å². The van der Waals surface area contributed by atoms with Gasteiger partial charge in [-0.1, -0.05) is 22.9 Å². The van der Waals surface area contributed by atoms with E-state index in [0.717, 1.165) is 0 Å². The summed E-state index contributed by atoms with van der Waals surface area (Å²) in [5.74, 6) is 0.106. The number of pyridine rings is 1. The van der Waals surface area contributed by atoms with Crippen LogP contribution < -0.4 is 4.74 Å². The zero-order valence-corrected chi connectivity index (χ0v) is 11.9. The van der Waals surface area contributed by atoms with Gasteiger partial charge in [0.1, 0.15) is 5.75 Å². The van der Waals surface area contributed by atoms with E-state index in [4.69, 9.17) is 4.74 Å². The molecule has 1 atom stereocenters. The molecule has 1 heterocycles. The molecule has 0 saturated carbocycles. The first-order chi connectivity index (χ1) is 9.10. The van der Waals surface area contributed by atoms with Crippen LogP contribution in [0, 0.1) is 5.82 Å². The Balaban J connectivity index is 2.15. The first kappa shape index (κ1) is 14.0. The first-order valence-electron chi connectivity index (χ1n) is 5.87. The molecule has 0 aliphatic carbocycles. The van der Waals surface area contributed by atoms with Crippen molar-refractivity contribution in [2.75, 3.05) is 0 Å². The molecule has 100 valence electrons. The van der Waals surface area contributed by atoms with Crippen molar-refractivity contribution in [1.82, 2.24) is 4.98 Å². The highest BCUT2D eigenvalue weighted by molar-refractivity contribution is 9.10. The maximum Gasteiger partial charge on any atom is 0.166 e. The van der Waals surface area contributed by atoms with E-state index in [9.17, 15) is 9.50 Å². The maximum atomic E-state index is 13.6. The zero-order chi connectivity index (χ0) is 13.8. The molecule has 2 rings (SSSR count). The summed E-state index contributed by atoms with van der Waals surface area (Å²) in [6.45, 7) is 1.87. The Hall–Kier alpha value is -1.46. The highest BCUT2D eigenvalue weighted by atomic mass is 79.9. The molecule has 0 aliphatic heterocycles. The SMILES string of the molecule is CC[C@H](O)c1ccc(Oc2ccc(Br)cc2F)cn1. The van der Waals surface area contributed by atoms with Gasteiger partial charge in [0.25, 0.3) is 0 Å². The standard InChI is InChI=1S/C14H13BrFNO2/c1-2-13(18)12-5-4-10(8-17-12)19-14-6-3-9(15)7-11(14)16/h3-8,13,18H,2H2,1H3/t13-/m0/s1.